The first-order valence-corrected chi connectivity index (χ1v) is 7.23. The van der Waals surface area contributed by atoms with Gasteiger partial charge in [-0.15, -0.1) is 0 Å². The monoisotopic (exact) mass is 303 g/mol. The summed E-state index contributed by atoms with van der Waals surface area (Å²) in [6, 6.07) is 5.50. The minimum absolute atomic E-state index is 0.0634. The molecule has 0 aromatic heterocycles. The van der Waals surface area contributed by atoms with Gasteiger partial charge in [0.05, 0.1) is 0 Å². The third-order valence-electron chi connectivity index (χ3n) is 3.56. The van der Waals surface area contributed by atoms with Gasteiger partial charge in [0.25, 0.3) is 0 Å². The van der Waals surface area contributed by atoms with Gasteiger partial charge in [0, 0.05) is 12.1 Å². The Balaban J connectivity index is 1.69. The largest absolute Gasteiger partial charge is 0.486 e. The van der Waals surface area contributed by atoms with Crippen molar-refractivity contribution in [2.24, 2.45) is 0 Å². The van der Waals surface area contributed by atoms with Crippen LogP contribution < -0.4 is 9.47 Å². The lowest BCUT2D eigenvalue weighted by Crippen LogP contribution is -2.36. The molecule has 6 heteroatoms. The van der Waals surface area contributed by atoms with Crippen molar-refractivity contribution in [2.75, 3.05) is 19.8 Å². The average Bonchev–Trinajstić information content (AvgIpc) is 3.34. The van der Waals surface area contributed by atoms with Gasteiger partial charge in [0.1, 0.15) is 19.8 Å². The second kappa shape index (κ2) is 6.09. The van der Waals surface area contributed by atoms with E-state index >= 15 is 0 Å². The third kappa shape index (κ3) is 3.39. The summed E-state index contributed by atoms with van der Waals surface area (Å²) in [5.41, 5.74) is 0.809. The minimum Gasteiger partial charge on any atom is -0.486 e. The zero-order valence-corrected chi connectivity index (χ0v) is 12.0. The van der Waals surface area contributed by atoms with Gasteiger partial charge in [-0.25, -0.2) is 0 Å². The number of ether oxygens (including phenoxy) is 2. The summed E-state index contributed by atoms with van der Waals surface area (Å²) in [6.45, 7) is 0.786. The lowest BCUT2D eigenvalue weighted by atomic mass is 10.1. The van der Waals surface area contributed by atoms with Crippen LogP contribution in [0.15, 0.2) is 24.3 Å². The van der Waals surface area contributed by atoms with E-state index in [9.17, 15) is 9.59 Å². The van der Waals surface area contributed by atoms with Gasteiger partial charge in [-0.1, -0.05) is 6.07 Å². The van der Waals surface area contributed by atoms with Crippen molar-refractivity contribution in [1.29, 1.82) is 0 Å². The van der Waals surface area contributed by atoms with Gasteiger partial charge in [-0.2, -0.15) is 0 Å². The molecule has 6 nitrogen and oxygen atoms in total. The standard InChI is InChI=1S/C16H17NO5/c18-15(17(10-16(19)20)12-3-4-12)6-2-11-1-5-13-14(9-11)22-8-7-21-13/h1-2,5-6,9,12H,3-4,7-8,10H2,(H,19,20)/b6-2+. The molecular formula is C16H17NO5. The number of carbonyl (C=O) groups excluding carboxylic acids is 1. The second-order valence-electron chi connectivity index (χ2n) is 5.33. The fourth-order valence-corrected chi connectivity index (χ4v) is 2.35. The maximum atomic E-state index is 12.1. The van der Waals surface area contributed by atoms with E-state index in [1.165, 1.54) is 11.0 Å². The molecule has 0 unspecified atom stereocenters. The molecule has 0 spiro atoms. The molecule has 1 aromatic rings. The zero-order valence-electron chi connectivity index (χ0n) is 12.0. The van der Waals surface area contributed by atoms with Crippen LogP contribution in [0.5, 0.6) is 11.5 Å². The highest BCUT2D eigenvalue weighted by Gasteiger charge is 2.32. The second-order valence-corrected chi connectivity index (χ2v) is 5.33. The number of benzene rings is 1. The Labute approximate surface area is 127 Å². The average molecular weight is 303 g/mol. The molecule has 1 aromatic carbocycles. The Morgan fingerprint density at radius 3 is 2.64 bits per heavy atom. The Hall–Kier alpha value is -2.50. The van der Waals surface area contributed by atoms with Crippen LogP contribution in [-0.4, -0.2) is 47.7 Å². The Kier molecular flexibility index (Phi) is 4.00. The van der Waals surface area contributed by atoms with Crippen LogP contribution in [0.1, 0.15) is 18.4 Å². The van der Waals surface area contributed by atoms with Crippen molar-refractivity contribution >= 4 is 18.0 Å². The number of carboxylic acid groups (broad SMARTS) is 1. The molecule has 1 saturated carbocycles. The number of fused-ring (bicyclic) bond motifs is 1. The summed E-state index contributed by atoms with van der Waals surface area (Å²) in [7, 11) is 0. The molecule has 2 aliphatic rings. The Bertz CT molecular complexity index is 621. The van der Waals surface area contributed by atoms with Crippen LogP contribution >= 0.6 is 0 Å². The van der Waals surface area contributed by atoms with E-state index in [1.54, 1.807) is 18.2 Å². The van der Waals surface area contributed by atoms with Crippen molar-refractivity contribution in [2.45, 2.75) is 18.9 Å². The summed E-state index contributed by atoms with van der Waals surface area (Å²) in [4.78, 5) is 24.4. The van der Waals surface area contributed by atoms with Crippen LogP contribution in [0.4, 0.5) is 0 Å². The highest BCUT2D eigenvalue weighted by Crippen LogP contribution is 2.31. The van der Waals surface area contributed by atoms with E-state index in [0.717, 1.165) is 18.4 Å². The number of amides is 1. The van der Waals surface area contributed by atoms with Gasteiger partial charge >= 0.3 is 5.97 Å². The predicted molar refractivity (Wildman–Crippen MR) is 78.8 cm³/mol. The topological polar surface area (TPSA) is 76.1 Å². The molecule has 0 atom stereocenters. The fraction of sp³-hybridized carbons (Fsp3) is 0.375. The first-order valence-electron chi connectivity index (χ1n) is 7.23. The van der Waals surface area contributed by atoms with E-state index < -0.39 is 5.97 Å². The maximum absolute atomic E-state index is 12.1. The van der Waals surface area contributed by atoms with Crippen LogP contribution in [0.25, 0.3) is 6.08 Å². The highest BCUT2D eigenvalue weighted by atomic mass is 16.6. The zero-order chi connectivity index (χ0) is 15.5. The van der Waals surface area contributed by atoms with Crippen LogP contribution in [0.3, 0.4) is 0 Å². The van der Waals surface area contributed by atoms with Crippen LogP contribution in [0, 0.1) is 0 Å². The minimum atomic E-state index is -0.993. The predicted octanol–water partition coefficient (Wildman–Crippen LogP) is 1.55. The number of carbonyl (C=O) groups is 2. The van der Waals surface area contributed by atoms with Gasteiger partial charge in [-0.05, 0) is 36.6 Å². The molecule has 0 bridgehead atoms. The molecule has 1 amide bonds. The van der Waals surface area contributed by atoms with Gasteiger partial charge in [-0.3, -0.25) is 9.59 Å². The number of nitrogens with zero attached hydrogens (tertiary/aromatic N) is 1. The molecule has 22 heavy (non-hydrogen) atoms. The Morgan fingerprint density at radius 1 is 1.23 bits per heavy atom. The molecule has 1 aliphatic heterocycles. The van der Waals surface area contributed by atoms with E-state index in [2.05, 4.69) is 0 Å². The normalized spacial score (nSPS) is 16.5. The summed E-state index contributed by atoms with van der Waals surface area (Å²) in [5.74, 6) is 0.0819. The van der Waals surface area contributed by atoms with Crippen molar-refractivity contribution in [3.8, 4) is 11.5 Å². The SMILES string of the molecule is O=C(O)CN(C(=O)/C=C/c1ccc2c(c1)OCCO2)C1CC1. The number of carboxylic acids is 1. The van der Waals surface area contributed by atoms with Crippen molar-refractivity contribution in [3.05, 3.63) is 29.8 Å². The highest BCUT2D eigenvalue weighted by molar-refractivity contribution is 5.94. The van der Waals surface area contributed by atoms with E-state index in [-0.39, 0.29) is 18.5 Å². The first-order chi connectivity index (χ1) is 10.6. The van der Waals surface area contributed by atoms with Gasteiger partial charge in [0.2, 0.25) is 5.91 Å². The Morgan fingerprint density at radius 2 is 1.95 bits per heavy atom. The van der Waals surface area contributed by atoms with E-state index in [4.69, 9.17) is 14.6 Å². The van der Waals surface area contributed by atoms with Gasteiger partial charge < -0.3 is 19.5 Å². The smallest absolute Gasteiger partial charge is 0.323 e. The molecule has 116 valence electrons. The summed E-state index contributed by atoms with van der Waals surface area (Å²) >= 11 is 0. The third-order valence-corrected chi connectivity index (χ3v) is 3.56. The van der Waals surface area contributed by atoms with Gasteiger partial charge in [0.15, 0.2) is 11.5 Å². The summed E-state index contributed by atoms with van der Waals surface area (Å²) in [5, 5.41) is 8.88. The lowest BCUT2D eigenvalue weighted by molar-refractivity contribution is -0.143. The van der Waals surface area contributed by atoms with Crippen LogP contribution in [-0.2, 0) is 9.59 Å². The molecular weight excluding hydrogens is 286 g/mol. The van der Waals surface area contributed by atoms with Crippen molar-refractivity contribution < 1.29 is 24.2 Å². The first kappa shape index (κ1) is 14.4. The number of hydrogen-bond donors (Lipinski definition) is 1. The summed E-state index contributed by atoms with van der Waals surface area (Å²) in [6.07, 6.45) is 4.82. The molecule has 1 fully saturated rings. The van der Waals surface area contributed by atoms with Crippen LogP contribution in [0.2, 0.25) is 0 Å². The molecule has 0 radical (unpaired) electrons. The number of aliphatic carboxylic acids is 1. The van der Waals surface area contributed by atoms with E-state index in [0.29, 0.717) is 24.7 Å². The fourth-order valence-electron chi connectivity index (χ4n) is 2.35. The number of hydrogen-bond acceptors (Lipinski definition) is 4. The van der Waals surface area contributed by atoms with Crippen molar-refractivity contribution in [1.82, 2.24) is 4.90 Å². The maximum Gasteiger partial charge on any atom is 0.323 e. The molecule has 0 saturated heterocycles. The molecule has 3 rings (SSSR count). The van der Waals surface area contributed by atoms with Crippen molar-refractivity contribution in [3.63, 3.8) is 0 Å². The number of rotatable bonds is 5. The lowest BCUT2D eigenvalue weighted by Gasteiger charge is -2.19. The molecule has 1 heterocycles. The molecule has 1 aliphatic carbocycles. The summed E-state index contributed by atoms with van der Waals surface area (Å²) < 4.78 is 10.9. The molecule has 1 N–H and O–H groups in total. The van der Waals surface area contributed by atoms with E-state index in [1.807, 2.05) is 6.07 Å². The quantitative estimate of drug-likeness (QED) is 0.835.